The molecule has 0 saturated heterocycles. The van der Waals surface area contributed by atoms with E-state index >= 15 is 0 Å². The number of aryl methyl sites for hydroxylation is 1. The van der Waals surface area contributed by atoms with E-state index in [1.807, 2.05) is 23.9 Å². The molecule has 1 aromatic rings. The Labute approximate surface area is 108 Å². The highest BCUT2D eigenvalue weighted by molar-refractivity contribution is 7.98. The van der Waals surface area contributed by atoms with Gasteiger partial charge < -0.3 is 10.4 Å². The zero-order valence-electron chi connectivity index (χ0n) is 10.8. The van der Waals surface area contributed by atoms with Gasteiger partial charge in [0.05, 0.1) is 0 Å². The molecule has 17 heavy (non-hydrogen) atoms. The highest BCUT2D eigenvalue weighted by Gasteiger charge is 2.31. The molecular formula is C14H21NOS. The molecule has 3 heteroatoms. The standard InChI is InChI=1S/C14H21NOS/c1-9-4-5-12(16)14-11(15-6-7-17-3)8-10(2)13(9)14/h4-5,10-11,15-16H,6-8H2,1-3H3. The third-order valence-electron chi connectivity index (χ3n) is 3.61. The van der Waals surface area contributed by atoms with E-state index in [1.165, 1.54) is 11.1 Å². The molecule has 1 aliphatic carbocycles. The van der Waals surface area contributed by atoms with E-state index in [-0.39, 0.29) is 0 Å². The van der Waals surface area contributed by atoms with E-state index in [4.69, 9.17) is 0 Å². The number of thioether (sulfide) groups is 1. The summed E-state index contributed by atoms with van der Waals surface area (Å²) in [4.78, 5) is 0. The highest BCUT2D eigenvalue weighted by Crippen LogP contribution is 2.45. The minimum absolute atomic E-state index is 0.326. The van der Waals surface area contributed by atoms with E-state index in [0.717, 1.165) is 24.3 Å². The Kier molecular flexibility index (Phi) is 4.00. The van der Waals surface area contributed by atoms with Crippen LogP contribution in [0.15, 0.2) is 12.1 Å². The van der Waals surface area contributed by atoms with Gasteiger partial charge in [-0.15, -0.1) is 0 Å². The van der Waals surface area contributed by atoms with Crippen LogP contribution >= 0.6 is 11.8 Å². The Balaban J connectivity index is 2.23. The first-order valence-electron chi connectivity index (χ1n) is 6.19. The third-order valence-corrected chi connectivity index (χ3v) is 4.22. The molecule has 0 fully saturated rings. The van der Waals surface area contributed by atoms with Gasteiger partial charge in [0, 0.05) is 23.9 Å². The summed E-state index contributed by atoms with van der Waals surface area (Å²) < 4.78 is 0. The van der Waals surface area contributed by atoms with Crippen LogP contribution in [0.2, 0.25) is 0 Å². The number of hydrogen-bond donors (Lipinski definition) is 2. The van der Waals surface area contributed by atoms with Crippen LogP contribution in [-0.2, 0) is 0 Å². The molecule has 0 aromatic heterocycles. The summed E-state index contributed by atoms with van der Waals surface area (Å²) in [6, 6.07) is 4.18. The van der Waals surface area contributed by atoms with Gasteiger partial charge in [-0.25, -0.2) is 0 Å². The van der Waals surface area contributed by atoms with Crippen molar-refractivity contribution in [2.75, 3.05) is 18.6 Å². The predicted molar refractivity (Wildman–Crippen MR) is 75.0 cm³/mol. The summed E-state index contributed by atoms with van der Waals surface area (Å²) in [7, 11) is 0. The fourth-order valence-electron chi connectivity index (χ4n) is 2.86. The lowest BCUT2D eigenvalue weighted by molar-refractivity contribution is 0.449. The van der Waals surface area contributed by atoms with Crippen LogP contribution in [0.1, 0.15) is 42.0 Å². The Morgan fingerprint density at radius 1 is 1.41 bits per heavy atom. The molecule has 0 heterocycles. The minimum atomic E-state index is 0.326. The fourth-order valence-corrected chi connectivity index (χ4v) is 3.19. The first-order chi connectivity index (χ1) is 8.15. The summed E-state index contributed by atoms with van der Waals surface area (Å²) in [6.45, 7) is 5.39. The molecule has 2 atom stereocenters. The van der Waals surface area contributed by atoms with Gasteiger partial charge in [-0.1, -0.05) is 13.0 Å². The Morgan fingerprint density at radius 3 is 2.88 bits per heavy atom. The van der Waals surface area contributed by atoms with Crippen molar-refractivity contribution >= 4 is 11.8 Å². The molecule has 2 unspecified atom stereocenters. The Bertz CT molecular complexity index is 405. The Morgan fingerprint density at radius 2 is 2.18 bits per heavy atom. The number of phenols is 1. The number of aromatic hydroxyl groups is 1. The summed E-state index contributed by atoms with van der Waals surface area (Å²) in [5.41, 5.74) is 3.80. The van der Waals surface area contributed by atoms with Crippen LogP contribution in [0.5, 0.6) is 5.75 Å². The minimum Gasteiger partial charge on any atom is -0.508 e. The van der Waals surface area contributed by atoms with Gasteiger partial charge >= 0.3 is 0 Å². The molecule has 0 spiro atoms. The maximum absolute atomic E-state index is 10.1. The van der Waals surface area contributed by atoms with E-state index in [9.17, 15) is 5.11 Å². The van der Waals surface area contributed by atoms with Crippen molar-refractivity contribution in [2.24, 2.45) is 0 Å². The second kappa shape index (κ2) is 5.32. The molecule has 0 saturated carbocycles. The number of rotatable bonds is 4. The van der Waals surface area contributed by atoms with Crippen LogP contribution in [0.25, 0.3) is 0 Å². The van der Waals surface area contributed by atoms with Crippen LogP contribution in [0.3, 0.4) is 0 Å². The summed E-state index contributed by atoms with van der Waals surface area (Å²) in [5, 5.41) is 13.6. The maximum Gasteiger partial charge on any atom is 0.120 e. The molecule has 2 nitrogen and oxygen atoms in total. The lowest BCUT2D eigenvalue weighted by Gasteiger charge is -2.15. The zero-order valence-corrected chi connectivity index (χ0v) is 11.6. The van der Waals surface area contributed by atoms with Gasteiger partial charge in [0.1, 0.15) is 5.75 Å². The molecule has 1 aliphatic rings. The normalized spacial score (nSPS) is 22.8. The SMILES string of the molecule is CSCCNC1CC(C)c2c(C)ccc(O)c21. The second-order valence-corrected chi connectivity index (χ2v) is 5.85. The van der Waals surface area contributed by atoms with Gasteiger partial charge in [0.2, 0.25) is 0 Å². The molecule has 1 aromatic carbocycles. The van der Waals surface area contributed by atoms with E-state index in [0.29, 0.717) is 17.7 Å². The average molecular weight is 251 g/mol. The van der Waals surface area contributed by atoms with Crippen molar-refractivity contribution < 1.29 is 5.11 Å². The molecule has 0 bridgehead atoms. The Hall–Kier alpha value is -0.670. The predicted octanol–water partition coefficient (Wildman–Crippen LogP) is 3.20. The van der Waals surface area contributed by atoms with Gasteiger partial charge in [0.25, 0.3) is 0 Å². The summed E-state index contributed by atoms with van der Waals surface area (Å²) >= 11 is 1.85. The van der Waals surface area contributed by atoms with Gasteiger partial charge in [-0.2, -0.15) is 11.8 Å². The average Bonchev–Trinajstić information content (AvgIpc) is 2.63. The molecule has 0 amide bonds. The van der Waals surface area contributed by atoms with Crippen LogP contribution in [0, 0.1) is 6.92 Å². The molecular weight excluding hydrogens is 230 g/mol. The molecule has 0 aliphatic heterocycles. The lowest BCUT2D eigenvalue weighted by atomic mass is 9.97. The number of benzene rings is 1. The number of fused-ring (bicyclic) bond motifs is 1. The number of hydrogen-bond acceptors (Lipinski definition) is 3. The molecule has 2 rings (SSSR count). The lowest BCUT2D eigenvalue weighted by Crippen LogP contribution is -2.22. The molecule has 2 N–H and O–H groups in total. The number of phenolic OH excluding ortho intramolecular Hbond substituents is 1. The van der Waals surface area contributed by atoms with Gasteiger partial charge in [-0.05, 0) is 42.7 Å². The van der Waals surface area contributed by atoms with Crippen LogP contribution in [-0.4, -0.2) is 23.7 Å². The smallest absolute Gasteiger partial charge is 0.120 e. The summed E-state index contributed by atoms with van der Waals surface area (Å²) in [5.74, 6) is 2.12. The van der Waals surface area contributed by atoms with E-state index in [1.54, 1.807) is 0 Å². The van der Waals surface area contributed by atoms with Gasteiger partial charge in [0.15, 0.2) is 0 Å². The quantitative estimate of drug-likeness (QED) is 0.806. The van der Waals surface area contributed by atoms with Gasteiger partial charge in [-0.3, -0.25) is 0 Å². The van der Waals surface area contributed by atoms with Crippen LogP contribution < -0.4 is 5.32 Å². The van der Waals surface area contributed by atoms with Crippen molar-refractivity contribution in [1.82, 2.24) is 5.32 Å². The highest BCUT2D eigenvalue weighted by atomic mass is 32.2. The monoisotopic (exact) mass is 251 g/mol. The fraction of sp³-hybridized carbons (Fsp3) is 0.571. The largest absolute Gasteiger partial charge is 0.508 e. The maximum atomic E-state index is 10.1. The van der Waals surface area contributed by atoms with E-state index in [2.05, 4.69) is 25.4 Å². The zero-order chi connectivity index (χ0) is 12.4. The van der Waals surface area contributed by atoms with Crippen molar-refractivity contribution in [3.8, 4) is 5.75 Å². The van der Waals surface area contributed by atoms with Crippen molar-refractivity contribution in [1.29, 1.82) is 0 Å². The van der Waals surface area contributed by atoms with Crippen molar-refractivity contribution in [2.45, 2.75) is 32.2 Å². The van der Waals surface area contributed by atoms with Crippen molar-refractivity contribution in [3.63, 3.8) is 0 Å². The first kappa shape index (κ1) is 12.8. The number of nitrogens with one attached hydrogen (secondary N) is 1. The van der Waals surface area contributed by atoms with Crippen molar-refractivity contribution in [3.05, 3.63) is 28.8 Å². The third kappa shape index (κ3) is 2.45. The second-order valence-electron chi connectivity index (χ2n) is 4.87. The molecule has 94 valence electrons. The molecule has 0 radical (unpaired) electrons. The topological polar surface area (TPSA) is 32.3 Å². The first-order valence-corrected chi connectivity index (χ1v) is 7.59. The summed E-state index contributed by atoms with van der Waals surface area (Å²) in [6.07, 6.45) is 3.22. The van der Waals surface area contributed by atoms with Crippen LogP contribution in [0.4, 0.5) is 0 Å². The van der Waals surface area contributed by atoms with E-state index < -0.39 is 0 Å².